The molecule has 3 heterocycles. The molecule has 0 amide bonds. The maximum Gasteiger partial charge on any atom is 0.199 e. The highest BCUT2D eigenvalue weighted by atomic mass is 16.6. The highest BCUT2D eigenvalue weighted by Crippen LogP contribution is 2.25. The minimum absolute atomic E-state index is 0.239. The van der Waals surface area contributed by atoms with Crippen molar-refractivity contribution in [1.82, 2.24) is 24.8 Å². The van der Waals surface area contributed by atoms with Crippen molar-refractivity contribution in [2.24, 2.45) is 0 Å². The minimum atomic E-state index is 0.239. The monoisotopic (exact) mass is 230 g/mol. The molecule has 0 atom stereocenters. The molecule has 86 valence electrons. The summed E-state index contributed by atoms with van der Waals surface area (Å²) in [6.45, 7) is 2.76. The molecular weight excluding hydrogens is 220 g/mol. The molecule has 0 fully saturated rings. The molecule has 3 aromatic heterocycles. The summed E-state index contributed by atoms with van der Waals surface area (Å²) in [5.41, 5.74) is 7.93. The Balaban J connectivity index is 2.33. The smallest absolute Gasteiger partial charge is 0.199 e. The van der Waals surface area contributed by atoms with Crippen molar-refractivity contribution in [3.05, 3.63) is 18.5 Å². The number of aryl methyl sites for hydroxylation is 1. The van der Waals surface area contributed by atoms with E-state index >= 15 is 0 Å². The quantitative estimate of drug-likeness (QED) is 0.707. The summed E-state index contributed by atoms with van der Waals surface area (Å²) < 4.78 is 6.57. The van der Waals surface area contributed by atoms with Crippen LogP contribution >= 0.6 is 0 Å². The van der Waals surface area contributed by atoms with Gasteiger partial charge < -0.3 is 10.3 Å². The molecule has 0 saturated carbocycles. The number of imidazole rings is 1. The number of hydrogen-bond donors (Lipinski definition) is 1. The van der Waals surface area contributed by atoms with Crippen LogP contribution in [0.15, 0.2) is 23.1 Å². The van der Waals surface area contributed by atoms with Crippen molar-refractivity contribution in [3.8, 4) is 11.5 Å². The molecule has 0 unspecified atom stereocenters. The highest BCUT2D eigenvalue weighted by molar-refractivity contribution is 5.80. The fourth-order valence-corrected chi connectivity index (χ4v) is 1.82. The van der Waals surface area contributed by atoms with Gasteiger partial charge >= 0.3 is 0 Å². The van der Waals surface area contributed by atoms with E-state index in [0.29, 0.717) is 11.5 Å². The predicted molar refractivity (Wildman–Crippen MR) is 60.9 cm³/mol. The van der Waals surface area contributed by atoms with E-state index in [1.807, 2.05) is 17.6 Å². The summed E-state index contributed by atoms with van der Waals surface area (Å²) in [5.74, 6) is 0.886. The van der Waals surface area contributed by atoms with Crippen LogP contribution < -0.4 is 5.73 Å². The largest absolute Gasteiger partial charge is 0.379 e. The lowest BCUT2D eigenvalue weighted by Crippen LogP contribution is -1.99. The number of rotatable bonds is 2. The molecule has 0 bridgehead atoms. The third-order valence-corrected chi connectivity index (χ3v) is 2.59. The Bertz CT molecular complexity index is 670. The van der Waals surface area contributed by atoms with E-state index in [1.165, 1.54) is 0 Å². The lowest BCUT2D eigenvalue weighted by atomic mass is 10.4. The Hall–Kier alpha value is -2.44. The summed E-state index contributed by atoms with van der Waals surface area (Å²) in [5, 5.41) is 7.34. The predicted octanol–water partition coefficient (Wildman–Crippen LogP) is 1.08. The first-order valence-corrected chi connectivity index (χ1v) is 5.20. The Morgan fingerprint density at radius 2 is 2.29 bits per heavy atom. The number of aromatic nitrogens is 5. The van der Waals surface area contributed by atoms with Gasteiger partial charge in [0.25, 0.3) is 0 Å². The lowest BCUT2D eigenvalue weighted by molar-refractivity contribution is 0.310. The molecule has 0 saturated heterocycles. The van der Waals surface area contributed by atoms with Crippen LogP contribution in [0.4, 0.5) is 5.82 Å². The van der Waals surface area contributed by atoms with Gasteiger partial charge in [0.1, 0.15) is 0 Å². The van der Waals surface area contributed by atoms with Gasteiger partial charge in [-0.3, -0.25) is 4.98 Å². The molecule has 7 heteroatoms. The number of nitrogens with two attached hydrogens (primary N) is 1. The van der Waals surface area contributed by atoms with Crippen LogP contribution in [0.3, 0.4) is 0 Å². The Kier molecular flexibility index (Phi) is 2.04. The van der Waals surface area contributed by atoms with Gasteiger partial charge in [-0.05, 0) is 23.3 Å². The van der Waals surface area contributed by atoms with E-state index in [-0.39, 0.29) is 5.82 Å². The van der Waals surface area contributed by atoms with E-state index in [0.717, 1.165) is 17.6 Å². The van der Waals surface area contributed by atoms with Crippen LogP contribution in [-0.2, 0) is 6.54 Å². The summed E-state index contributed by atoms with van der Waals surface area (Å²) in [6, 6.07) is 1.84. The summed E-state index contributed by atoms with van der Waals surface area (Å²) >= 11 is 0. The van der Waals surface area contributed by atoms with Gasteiger partial charge in [0.2, 0.25) is 0 Å². The SMILES string of the molecule is CCn1c(-c2nonc2N)nc2ccncc21. The second-order valence-electron chi connectivity index (χ2n) is 3.54. The molecule has 0 aliphatic carbocycles. The fraction of sp³-hybridized carbons (Fsp3) is 0.200. The van der Waals surface area contributed by atoms with Gasteiger partial charge in [-0.25, -0.2) is 9.61 Å². The summed E-state index contributed by atoms with van der Waals surface area (Å²) in [6.07, 6.45) is 3.46. The van der Waals surface area contributed by atoms with Crippen molar-refractivity contribution >= 4 is 16.9 Å². The third kappa shape index (κ3) is 1.36. The highest BCUT2D eigenvalue weighted by Gasteiger charge is 2.17. The minimum Gasteiger partial charge on any atom is -0.379 e. The van der Waals surface area contributed by atoms with Gasteiger partial charge in [0, 0.05) is 12.7 Å². The number of hydrogen-bond acceptors (Lipinski definition) is 6. The van der Waals surface area contributed by atoms with Crippen molar-refractivity contribution in [3.63, 3.8) is 0 Å². The molecule has 17 heavy (non-hydrogen) atoms. The average molecular weight is 230 g/mol. The molecule has 0 radical (unpaired) electrons. The Morgan fingerprint density at radius 3 is 3.00 bits per heavy atom. The molecule has 0 aromatic carbocycles. The van der Waals surface area contributed by atoms with E-state index in [2.05, 4.69) is 24.9 Å². The lowest BCUT2D eigenvalue weighted by Gasteiger charge is -2.02. The number of anilines is 1. The van der Waals surface area contributed by atoms with E-state index in [4.69, 9.17) is 5.73 Å². The maximum absolute atomic E-state index is 5.68. The van der Waals surface area contributed by atoms with E-state index < -0.39 is 0 Å². The van der Waals surface area contributed by atoms with Crippen molar-refractivity contribution in [1.29, 1.82) is 0 Å². The fourth-order valence-electron chi connectivity index (χ4n) is 1.82. The van der Waals surface area contributed by atoms with Gasteiger partial charge in [-0.1, -0.05) is 0 Å². The summed E-state index contributed by atoms with van der Waals surface area (Å²) in [7, 11) is 0. The molecule has 3 rings (SSSR count). The molecule has 0 spiro atoms. The Labute approximate surface area is 96.2 Å². The zero-order chi connectivity index (χ0) is 11.8. The van der Waals surface area contributed by atoms with Crippen LogP contribution in [0.2, 0.25) is 0 Å². The normalized spacial score (nSPS) is 11.1. The van der Waals surface area contributed by atoms with Crippen LogP contribution in [0.25, 0.3) is 22.6 Å². The maximum atomic E-state index is 5.68. The van der Waals surface area contributed by atoms with Crippen LogP contribution in [0.5, 0.6) is 0 Å². The topological polar surface area (TPSA) is 95.7 Å². The first-order chi connectivity index (χ1) is 8.31. The van der Waals surface area contributed by atoms with E-state index in [1.54, 1.807) is 12.4 Å². The third-order valence-electron chi connectivity index (χ3n) is 2.59. The molecule has 0 aliphatic rings. The van der Waals surface area contributed by atoms with Crippen LogP contribution in [-0.4, -0.2) is 24.8 Å². The number of fused-ring (bicyclic) bond motifs is 1. The second kappa shape index (κ2) is 3.55. The Morgan fingerprint density at radius 1 is 1.41 bits per heavy atom. The van der Waals surface area contributed by atoms with Crippen LogP contribution in [0.1, 0.15) is 6.92 Å². The van der Waals surface area contributed by atoms with Gasteiger partial charge in [-0.15, -0.1) is 0 Å². The molecular formula is C10H10N6O. The first kappa shape index (κ1) is 9.76. The molecule has 3 aromatic rings. The van der Waals surface area contributed by atoms with Gasteiger partial charge in [0.15, 0.2) is 17.3 Å². The standard InChI is InChI=1S/C10H10N6O/c1-2-16-7-5-12-4-3-6(7)13-10(16)8-9(11)15-17-14-8/h3-5H,2H2,1H3,(H2,11,15). The van der Waals surface area contributed by atoms with Crippen molar-refractivity contribution in [2.75, 3.05) is 5.73 Å². The molecule has 7 nitrogen and oxygen atoms in total. The number of pyridine rings is 1. The van der Waals surface area contributed by atoms with Crippen LogP contribution in [0, 0.1) is 0 Å². The van der Waals surface area contributed by atoms with Gasteiger partial charge in [-0.2, -0.15) is 0 Å². The number of nitrogen functional groups attached to an aromatic ring is 1. The summed E-state index contributed by atoms with van der Waals surface area (Å²) in [4.78, 5) is 8.55. The number of nitrogens with zero attached hydrogens (tertiary/aromatic N) is 5. The molecule has 0 aliphatic heterocycles. The first-order valence-electron chi connectivity index (χ1n) is 5.20. The second-order valence-corrected chi connectivity index (χ2v) is 3.54. The zero-order valence-corrected chi connectivity index (χ0v) is 9.16. The zero-order valence-electron chi connectivity index (χ0n) is 9.16. The van der Waals surface area contributed by atoms with Crippen molar-refractivity contribution < 1.29 is 4.63 Å². The van der Waals surface area contributed by atoms with E-state index in [9.17, 15) is 0 Å². The molecule has 2 N–H and O–H groups in total. The average Bonchev–Trinajstić information content (AvgIpc) is 2.91. The van der Waals surface area contributed by atoms with Crippen molar-refractivity contribution in [2.45, 2.75) is 13.5 Å². The van der Waals surface area contributed by atoms with Gasteiger partial charge in [0.05, 0.1) is 17.2 Å².